The Morgan fingerprint density at radius 2 is 2.50 bits per heavy atom. The first kappa shape index (κ1) is 5.15. The highest BCUT2D eigenvalue weighted by Crippen LogP contribution is 1.73. The summed E-state index contributed by atoms with van der Waals surface area (Å²) < 4.78 is 6.72. The molecule has 0 unspecified atom stereocenters. The molecule has 1 aromatic heterocycles. The van der Waals surface area contributed by atoms with Gasteiger partial charge >= 0.3 is 0 Å². The van der Waals surface area contributed by atoms with Crippen LogP contribution in [-0.4, -0.2) is 11.6 Å². The predicted molar refractivity (Wildman–Crippen MR) is 29.2 cm³/mol. The van der Waals surface area contributed by atoms with Crippen LogP contribution < -0.4 is 5.68 Å². The predicted octanol–water partition coefficient (Wildman–Crippen LogP) is 0.149. The van der Waals surface area contributed by atoms with Crippen molar-refractivity contribution in [3.05, 3.63) is 18.1 Å². The molecule has 0 aliphatic rings. The van der Waals surface area contributed by atoms with Crippen molar-refractivity contribution in [1.29, 1.82) is 0 Å². The monoisotopic (exact) mass is 112 g/mol. The van der Waals surface area contributed by atoms with Gasteiger partial charge in [-0.05, 0) is 0 Å². The molecule has 3 nitrogen and oxygen atoms in total. The van der Waals surface area contributed by atoms with E-state index in [2.05, 4.69) is 4.99 Å². The second-order valence-electron chi connectivity index (χ2n) is 1.52. The molecule has 0 spiro atoms. The molecule has 0 N–H and O–H groups in total. The normalized spacial score (nSPS) is 12.5. The lowest BCUT2D eigenvalue weighted by Crippen LogP contribution is -2.09. The molecule has 0 aliphatic carbocycles. The van der Waals surface area contributed by atoms with Gasteiger partial charge in [0.25, 0.3) is 5.68 Å². The first-order valence-corrected chi connectivity index (χ1v) is 2.37. The fraction of sp³-hybridized carbons (Fsp3) is 0.400. The highest BCUT2D eigenvalue weighted by Gasteiger charge is 1.82. The first-order chi connectivity index (χ1) is 3.84. The summed E-state index contributed by atoms with van der Waals surface area (Å²) in [7, 11) is 3.57. The summed E-state index contributed by atoms with van der Waals surface area (Å²) >= 11 is 0. The standard InChI is InChI=1S/C5H8N2O/c1-6-5-7(2)3-4-8-5/h3-4H,1-2H3. The van der Waals surface area contributed by atoms with Crippen molar-refractivity contribution in [1.82, 2.24) is 4.57 Å². The van der Waals surface area contributed by atoms with Crippen LogP contribution in [0.4, 0.5) is 0 Å². The van der Waals surface area contributed by atoms with Crippen molar-refractivity contribution in [2.45, 2.75) is 0 Å². The molecule has 0 fully saturated rings. The Balaban J connectivity index is 3.31. The summed E-state index contributed by atoms with van der Waals surface area (Å²) in [6.45, 7) is 0. The third-order valence-corrected chi connectivity index (χ3v) is 0.951. The third-order valence-electron chi connectivity index (χ3n) is 0.951. The van der Waals surface area contributed by atoms with E-state index in [1.807, 2.05) is 13.2 Å². The van der Waals surface area contributed by atoms with Gasteiger partial charge in [0, 0.05) is 20.3 Å². The van der Waals surface area contributed by atoms with Gasteiger partial charge in [-0.1, -0.05) is 0 Å². The Morgan fingerprint density at radius 3 is 2.75 bits per heavy atom. The number of aromatic nitrogens is 1. The number of hydrogen-bond acceptors (Lipinski definition) is 2. The molecular formula is C5H8N2O. The van der Waals surface area contributed by atoms with Crippen LogP contribution in [0.1, 0.15) is 0 Å². The SMILES string of the molecule is CN=c1occn1C. The molecule has 0 bridgehead atoms. The summed E-state index contributed by atoms with van der Waals surface area (Å²) in [5.74, 6) is 0. The molecule has 0 amide bonds. The highest BCUT2D eigenvalue weighted by molar-refractivity contribution is 4.64. The zero-order valence-electron chi connectivity index (χ0n) is 4.96. The van der Waals surface area contributed by atoms with E-state index in [0.717, 1.165) is 0 Å². The Hall–Kier alpha value is -0.990. The van der Waals surface area contributed by atoms with E-state index < -0.39 is 0 Å². The van der Waals surface area contributed by atoms with Gasteiger partial charge in [-0.15, -0.1) is 0 Å². The van der Waals surface area contributed by atoms with Gasteiger partial charge in [0.2, 0.25) is 0 Å². The molecule has 1 rings (SSSR count). The van der Waals surface area contributed by atoms with Crippen molar-refractivity contribution in [2.24, 2.45) is 12.0 Å². The van der Waals surface area contributed by atoms with Gasteiger partial charge in [-0.2, -0.15) is 0 Å². The van der Waals surface area contributed by atoms with Crippen LogP contribution in [0.2, 0.25) is 0 Å². The average molecular weight is 112 g/mol. The molecule has 44 valence electrons. The van der Waals surface area contributed by atoms with Crippen LogP contribution in [0, 0.1) is 0 Å². The zero-order chi connectivity index (χ0) is 5.98. The summed E-state index contributed by atoms with van der Waals surface area (Å²) in [4.78, 5) is 3.83. The minimum atomic E-state index is 0.644. The largest absolute Gasteiger partial charge is 0.432 e. The summed E-state index contributed by atoms with van der Waals surface area (Å²) in [5, 5.41) is 0. The van der Waals surface area contributed by atoms with Crippen molar-refractivity contribution in [2.75, 3.05) is 7.05 Å². The topological polar surface area (TPSA) is 30.4 Å². The van der Waals surface area contributed by atoms with Crippen LogP contribution in [-0.2, 0) is 7.05 Å². The van der Waals surface area contributed by atoms with Crippen molar-refractivity contribution < 1.29 is 4.42 Å². The van der Waals surface area contributed by atoms with E-state index in [9.17, 15) is 0 Å². The Kier molecular flexibility index (Phi) is 1.20. The van der Waals surface area contributed by atoms with Crippen LogP contribution in [0.15, 0.2) is 21.9 Å². The first-order valence-electron chi connectivity index (χ1n) is 2.37. The van der Waals surface area contributed by atoms with Gasteiger partial charge in [0.15, 0.2) is 0 Å². The van der Waals surface area contributed by atoms with Gasteiger partial charge in [0.05, 0.1) is 0 Å². The second kappa shape index (κ2) is 1.86. The average Bonchev–Trinajstić information content (AvgIpc) is 2.14. The molecule has 0 aromatic carbocycles. The van der Waals surface area contributed by atoms with Gasteiger partial charge in [-0.25, -0.2) is 4.99 Å². The Bertz CT molecular complexity index is 220. The van der Waals surface area contributed by atoms with Crippen LogP contribution in [0.25, 0.3) is 0 Å². The summed E-state index contributed by atoms with van der Waals surface area (Å²) in [6, 6.07) is 0. The second-order valence-corrected chi connectivity index (χ2v) is 1.52. The van der Waals surface area contributed by atoms with E-state index in [-0.39, 0.29) is 0 Å². The van der Waals surface area contributed by atoms with Crippen molar-refractivity contribution in [3.8, 4) is 0 Å². The lowest BCUT2D eigenvalue weighted by atomic mass is 10.9. The Labute approximate surface area is 47.3 Å². The van der Waals surface area contributed by atoms with Crippen LogP contribution in [0.5, 0.6) is 0 Å². The number of oxazole rings is 1. The number of rotatable bonds is 0. The molecule has 8 heavy (non-hydrogen) atoms. The van der Waals surface area contributed by atoms with Crippen molar-refractivity contribution in [3.63, 3.8) is 0 Å². The molecule has 0 saturated carbocycles. The maximum absolute atomic E-state index is 4.91. The maximum Gasteiger partial charge on any atom is 0.296 e. The molecule has 1 heterocycles. The van der Waals surface area contributed by atoms with E-state index >= 15 is 0 Å². The van der Waals surface area contributed by atoms with Crippen LogP contribution in [0.3, 0.4) is 0 Å². The van der Waals surface area contributed by atoms with E-state index in [1.54, 1.807) is 17.9 Å². The number of nitrogens with zero attached hydrogens (tertiary/aromatic N) is 2. The lowest BCUT2D eigenvalue weighted by molar-refractivity contribution is 0.474. The van der Waals surface area contributed by atoms with Gasteiger partial charge in [0.1, 0.15) is 6.26 Å². The Morgan fingerprint density at radius 1 is 1.75 bits per heavy atom. The quantitative estimate of drug-likeness (QED) is 0.470. The minimum absolute atomic E-state index is 0.644. The zero-order valence-corrected chi connectivity index (χ0v) is 4.96. The highest BCUT2D eigenvalue weighted by atomic mass is 16.3. The van der Waals surface area contributed by atoms with Gasteiger partial charge in [-0.3, -0.25) is 0 Å². The fourth-order valence-corrected chi connectivity index (χ4v) is 0.540. The molecule has 0 atom stereocenters. The minimum Gasteiger partial charge on any atom is -0.432 e. The summed E-state index contributed by atoms with van der Waals surface area (Å²) in [6.07, 6.45) is 3.41. The van der Waals surface area contributed by atoms with E-state index in [4.69, 9.17) is 4.42 Å². The van der Waals surface area contributed by atoms with Crippen molar-refractivity contribution >= 4 is 0 Å². The smallest absolute Gasteiger partial charge is 0.296 e. The fourth-order valence-electron chi connectivity index (χ4n) is 0.540. The molecule has 3 heteroatoms. The maximum atomic E-state index is 4.91. The third kappa shape index (κ3) is 0.665. The van der Waals surface area contributed by atoms with E-state index in [0.29, 0.717) is 5.68 Å². The van der Waals surface area contributed by atoms with Gasteiger partial charge < -0.3 is 8.98 Å². The molecular weight excluding hydrogens is 104 g/mol. The molecule has 0 aliphatic heterocycles. The van der Waals surface area contributed by atoms with Crippen LogP contribution >= 0.6 is 0 Å². The number of hydrogen-bond donors (Lipinski definition) is 0. The molecule has 1 aromatic rings. The lowest BCUT2D eigenvalue weighted by Gasteiger charge is -1.80. The molecule has 0 radical (unpaired) electrons. The number of aryl methyl sites for hydroxylation is 1. The molecule has 0 saturated heterocycles. The van der Waals surface area contributed by atoms with E-state index in [1.165, 1.54) is 0 Å². The summed E-state index contributed by atoms with van der Waals surface area (Å²) in [5.41, 5.74) is 0.644.